The standard InChI is InChI=1S/C16H19F3N6O2/c1-23-9-11(13(26)24(2)15(23)27)25-7-4-10(5-8-25)21-14-20-6-3-12(22-14)16(17,18)19/h3,6,9-10H,4-5,7-8H2,1-2H3,(H,20,21,22). The zero-order valence-electron chi connectivity index (χ0n) is 14.8. The van der Waals surface area contributed by atoms with Gasteiger partial charge in [-0.3, -0.25) is 9.36 Å². The molecule has 0 radical (unpaired) electrons. The Hall–Kier alpha value is -2.85. The number of rotatable bonds is 3. The molecule has 1 aliphatic rings. The van der Waals surface area contributed by atoms with Gasteiger partial charge in [-0.1, -0.05) is 0 Å². The Morgan fingerprint density at radius 1 is 1.19 bits per heavy atom. The summed E-state index contributed by atoms with van der Waals surface area (Å²) >= 11 is 0. The fourth-order valence-corrected chi connectivity index (χ4v) is 3.04. The molecule has 2 aromatic heterocycles. The van der Waals surface area contributed by atoms with Crippen LogP contribution in [0.25, 0.3) is 0 Å². The van der Waals surface area contributed by atoms with Crippen LogP contribution in [0.3, 0.4) is 0 Å². The molecule has 0 spiro atoms. The number of nitrogens with zero attached hydrogens (tertiary/aromatic N) is 5. The van der Waals surface area contributed by atoms with Gasteiger partial charge in [0.05, 0.1) is 0 Å². The lowest BCUT2D eigenvalue weighted by Crippen LogP contribution is -2.45. The van der Waals surface area contributed by atoms with Gasteiger partial charge in [0, 0.05) is 45.6 Å². The molecule has 146 valence electrons. The zero-order chi connectivity index (χ0) is 19.8. The van der Waals surface area contributed by atoms with Crippen LogP contribution in [0, 0.1) is 0 Å². The normalized spacial score (nSPS) is 15.8. The Balaban J connectivity index is 1.68. The Kier molecular flexibility index (Phi) is 4.94. The predicted molar refractivity (Wildman–Crippen MR) is 92.8 cm³/mol. The van der Waals surface area contributed by atoms with Crippen LogP contribution in [0.1, 0.15) is 18.5 Å². The van der Waals surface area contributed by atoms with E-state index in [1.54, 1.807) is 7.05 Å². The maximum Gasteiger partial charge on any atom is 0.433 e. The number of aromatic nitrogens is 4. The van der Waals surface area contributed by atoms with E-state index in [1.165, 1.54) is 17.8 Å². The number of hydrogen-bond donors (Lipinski definition) is 1. The van der Waals surface area contributed by atoms with Gasteiger partial charge < -0.3 is 14.8 Å². The third-order valence-corrected chi connectivity index (χ3v) is 4.54. The summed E-state index contributed by atoms with van der Waals surface area (Å²) in [6.07, 6.45) is -0.765. The van der Waals surface area contributed by atoms with Gasteiger partial charge in [0.2, 0.25) is 5.95 Å². The van der Waals surface area contributed by atoms with Crippen molar-refractivity contribution in [3.05, 3.63) is 45.0 Å². The maximum absolute atomic E-state index is 12.7. The molecule has 1 N–H and O–H groups in total. The number of hydrogen-bond acceptors (Lipinski definition) is 6. The van der Waals surface area contributed by atoms with E-state index in [9.17, 15) is 22.8 Å². The van der Waals surface area contributed by atoms with E-state index in [-0.39, 0.29) is 17.5 Å². The summed E-state index contributed by atoms with van der Waals surface area (Å²) in [5.41, 5.74) is -1.34. The number of aryl methyl sites for hydroxylation is 1. The van der Waals surface area contributed by atoms with Crippen molar-refractivity contribution in [3.8, 4) is 0 Å². The summed E-state index contributed by atoms with van der Waals surface area (Å²) in [5.74, 6) is -0.0682. The molecule has 3 heterocycles. The highest BCUT2D eigenvalue weighted by Gasteiger charge is 2.33. The van der Waals surface area contributed by atoms with Crippen LogP contribution in [0.2, 0.25) is 0 Å². The SMILES string of the molecule is Cn1cc(N2CCC(Nc3nccc(C(F)(F)F)n3)CC2)c(=O)n(C)c1=O. The highest BCUT2D eigenvalue weighted by Crippen LogP contribution is 2.28. The van der Waals surface area contributed by atoms with Crippen LogP contribution >= 0.6 is 0 Å². The third-order valence-electron chi connectivity index (χ3n) is 4.54. The van der Waals surface area contributed by atoms with E-state index in [4.69, 9.17) is 0 Å². The molecule has 0 bridgehead atoms. The highest BCUT2D eigenvalue weighted by atomic mass is 19.4. The monoisotopic (exact) mass is 384 g/mol. The van der Waals surface area contributed by atoms with Gasteiger partial charge in [-0.15, -0.1) is 0 Å². The average Bonchev–Trinajstić information content (AvgIpc) is 2.63. The average molecular weight is 384 g/mol. The van der Waals surface area contributed by atoms with E-state index >= 15 is 0 Å². The number of nitrogens with one attached hydrogen (secondary N) is 1. The largest absolute Gasteiger partial charge is 0.433 e. The van der Waals surface area contributed by atoms with Crippen LogP contribution in [0.5, 0.6) is 0 Å². The lowest BCUT2D eigenvalue weighted by molar-refractivity contribution is -0.141. The molecular formula is C16H19F3N6O2. The van der Waals surface area contributed by atoms with Gasteiger partial charge in [0.15, 0.2) is 0 Å². The minimum atomic E-state index is -4.52. The summed E-state index contributed by atoms with van der Waals surface area (Å²) in [7, 11) is 3.00. The van der Waals surface area contributed by atoms with E-state index in [1.807, 2.05) is 4.90 Å². The first-order valence-corrected chi connectivity index (χ1v) is 8.35. The first-order valence-electron chi connectivity index (χ1n) is 8.35. The van der Waals surface area contributed by atoms with Crippen molar-refractivity contribution < 1.29 is 13.2 Å². The van der Waals surface area contributed by atoms with Crippen molar-refractivity contribution in [2.24, 2.45) is 14.1 Å². The number of alkyl halides is 3. The van der Waals surface area contributed by atoms with Crippen LogP contribution in [0.4, 0.5) is 24.8 Å². The molecule has 8 nitrogen and oxygen atoms in total. The summed E-state index contributed by atoms with van der Waals surface area (Å²) < 4.78 is 40.6. The molecule has 0 atom stereocenters. The topological polar surface area (TPSA) is 85.1 Å². The Morgan fingerprint density at radius 2 is 1.85 bits per heavy atom. The van der Waals surface area contributed by atoms with Crippen LogP contribution in [-0.2, 0) is 20.3 Å². The minimum Gasteiger partial charge on any atom is -0.366 e. The first-order chi connectivity index (χ1) is 12.7. The predicted octanol–water partition coefficient (Wildman–Crippen LogP) is 0.974. The molecule has 1 fully saturated rings. The lowest BCUT2D eigenvalue weighted by Gasteiger charge is -2.33. The number of piperidine rings is 1. The molecule has 0 saturated carbocycles. The van der Waals surface area contributed by atoms with E-state index in [0.717, 1.165) is 16.8 Å². The molecule has 0 unspecified atom stereocenters. The Bertz CT molecular complexity index is 944. The molecule has 0 aromatic carbocycles. The molecular weight excluding hydrogens is 365 g/mol. The van der Waals surface area contributed by atoms with Crippen molar-refractivity contribution >= 4 is 11.6 Å². The molecule has 1 aliphatic heterocycles. The van der Waals surface area contributed by atoms with Gasteiger partial charge in [0.25, 0.3) is 5.56 Å². The van der Waals surface area contributed by atoms with Crippen LogP contribution in [-0.4, -0.2) is 38.2 Å². The van der Waals surface area contributed by atoms with Crippen molar-refractivity contribution in [1.82, 2.24) is 19.1 Å². The smallest absolute Gasteiger partial charge is 0.366 e. The van der Waals surface area contributed by atoms with Gasteiger partial charge in [-0.05, 0) is 18.9 Å². The molecule has 0 aliphatic carbocycles. The molecule has 0 amide bonds. The molecule has 1 saturated heterocycles. The van der Waals surface area contributed by atoms with Gasteiger partial charge in [-0.2, -0.15) is 13.2 Å². The summed E-state index contributed by atoms with van der Waals surface area (Å²) in [5, 5.41) is 2.92. The third kappa shape index (κ3) is 3.96. The van der Waals surface area contributed by atoms with Crippen LogP contribution in [0.15, 0.2) is 28.0 Å². The quantitative estimate of drug-likeness (QED) is 0.849. The van der Waals surface area contributed by atoms with Gasteiger partial charge >= 0.3 is 11.9 Å². The molecule has 2 aromatic rings. The molecule has 3 rings (SSSR count). The van der Waals surface area contributed by atoms with Crippen molar-refractivity contribution in [3.63, 3.8) is 0 Å². The summed E-state index contributed by atoms with van der Waals surface area (Å²) in [4.78, 5) is 33.3. The molecule has 11 heteroatoms. The fourth-order valence-electron chi connectivity index (χ4n) is 3.04. The second-order valence-electron chi connectivity index (χ2n) is 6.44. The van der Waals surface area contributed by atoms with Crippen molar-refractivity contribution in [1.29, 1.82) is 0 Å². The van der Waals surface area contributed by atoms with E-state index in [0.29, 0.717) is 31.6 Å². The van der Waals surface area contributed by atoms with Crippen molar-refractivity contribution in [2.45, 2.75) is 25.1 Å². The van der Waals surface area contributed by atoms with Crippen LogP contribution < -0.4 is 21.5 Å². The number of halogens is 3. The maximum atomic E-state index is 12.7. The molecule has 27 heavy (non-hydrogen) atoms. The second-order valence-corrected chi connectivity index (χ2v) is 6.44. The van der Waals surface area contributed by atoms with Gasteiger partial charge in [0.1, 0.15) is 11.4 Å². The lowest BCUT2D eigenvalue weighted by atomic mass is 10.0. The van der Waals surface area contributed by atoms with Crippen molar-refractivity contribution in [2.75, 3.05) is 23.3 Å². The number of anilines is 2. The zero-order valence-corrected chi connectivity index (χ0v) is 14.8. The first kappa shape index (κ1) is 18.9. The van der Waals surface area contributed by atoms with E-state index in [2.05, 4.69) is 15.3 Å². The van der Waals surface area contributed by atoms with E-state index < -0.39 is 17.6 Å². The minimum absolute atomic E-state index is 0.0682. The Morgan fingerprint density at radius 3 is 2.48 bits per heavy atom. The second kappa shape index (κ2) is 7.05. The van der Waals surface area contributed by atoms with Gasteiger partial charge in [-0.25, -0.2) is 14.8 Å². The fraction of sp³-hybridized carbons (Fsp3) is 0.500. The summed E-state index contributed by atoms with van der Waals surface area (Å²) in [6, 6.07) is 0.713. The summed E-state index contributed by atoms with van der Waals surface area (Å²) in [6.45, 7) is 1.04. The Labute approximate surface area is 152 Å². The highest BCUT2D eigenvalue weighted by molar-refractivity contribution is 5.43.